The maximum absolute atomic E-state index is 12.5. The summed E-state index contributed by atoms with van der Waals surface area (Å²) in [6.45, 7) is 4.16. The Bertz CT molecular complexity index is 1270. The van der Waals surface area contributed by atoms with E-state index in [9.17, 15) is 9.59 Å². The van der Waals surface area contributed by atoms with Gasteiger partial charge in [-0.25, -0.2) is 0 Å². The summed E-state index contributed by atoms with van der Waals surface area (Å²) in [6.07, 6.45) is 0. The lowest BCUT2D eigenvalue weighted by Crippen LogP contribution is -2.14. The minimum atomic E-state index is -0.116. The first-order valence-corrected chi connectivity index (χ1v) is 11.2. The van der Waals surface area contributed by atoms with E-state index in [4.69, 9.17) is 0 Å². The third kappa shape index (κ3) is 4.97. The minimum absolute atomic E-state index is 0.0999. The molecule has 0 saturated carbocycles. The van der Waals surface area contributed by atoms with Gasteiger partial charge in [0, 0.05) is 30.4 Å². The summed E-state index contributed by atoms with van der Waals surface area (Å²) in [5.74, 6) is 0.735. The molecule has 0 atom stereocenters. The molecule has 4 aromatic rings. The van der Waals surface area contributed by atoms with Gasteiger partial charge in [-0.3, -0.25) is 9.59 Å². The molecule has 0 unspecified atom stereocenters. The number of carbonyl (C=O) groups excluding carboxylic acids is 2. The van der Waals surface area contributed by atoms with Gasteiger partial charge in [0.1, 0.15) is 0 Å². The summed E-state index contributed by atoms with van der Waals surface area (Å²) in [4.78, 5) is 23.7. The Morgan fingerprint density at radius 2 is 1.62 bits per heavy atom. The van der Waals surface area contributed by atoms with Gasteiger partial charge in [0.05, 0.1) is 5.75 Å². The van der Waals surface area contributed by atoms with Gasteiger partial charge in [-0.05, 0) is 54.1 Å². The van der Waals surface area contributed by atoms with Crippen molar-refractivity contribution in [3.05, 3.63) is 66.7 Å². The number of nitrogens with zero attached hydrogens (tertiary/aromatic N) is 3. The topological polar surface area (TPSA) is 88.9 Å². The highest BCUT2D eigenvalue weighted by Gasteiger charge is 2.15. The zero-order valence-corrected chi connectivity index (χ0v) is 18.6. The summed E-state index contributed by atoms with van der Waals surface area (Å²) < 4.78 is 1.97. The molecule has 1 aromatic heterocycles. The summed E-state index contributed by atoms with van der Waals surface area (Å²) in [5.41, 5.74) is 2.39. The number of hydrogen-bond acceptors (Lipinski definition) is 5. The van der Waals surface area contributed by atoms with E-state index in [1.54, 1.807) is 0 Å². The van der Waals surface area contributed by atoms with Crippen molar-refractivity contribution in [1.29, 1.82) is 0 Å². The third-order valence-corrected chi connectivity index (χ3v) is 5.83. The van der Waals surface area contributed by atoms with Crippen LogP contribution in [0.25, 0.3) is 22.2 Å². The van der Waals surface area contributed by atoms with E-state index in [-0.39, 0.29) is 17.6 Å². The van der Waals surface area contributed by atoms with E-state index >= 15 is 0 Å². The number of aromatic nitrogens is 3. The van der Waals surface area contributed by atoms with E-state index in [2.05, 4.69) is 20.8 Å². The molecule has 0 radical (unpaired) electrons. The van der Waals surface area contributed by atoms with Gasteiger partial charge >= 0.3 is 0 Å². The van der Waals surface area contributed by atoms with Crippen molar-refractivity contribution in [3.8, 4) is 11.4 Å². The molecule has 0 aliphatic heterocycles. The number of rotatable bonds is 7. The molecule has 0 aliphatic carbocycles. The predicted octanol–water partition coefficient (Wildman–Crippen LogP) is 4.81. The van der Waals surface area contributed by atoms with Gasteiger partial charge < -0.3 is 15.2 Å². The van der Waals surface area contributed by atoms with Crippen LogP contribution in [-0.4, -0.2) is 32.3 Å². The van der Waals surface area contributed by atoms with Crippen LogP contribution in [0, 0.1) is 0 Å². The highest BCUT2D eigenvalue weighted by molar-refractivity contribution is 7.99. The van der Waals surface area contributed by atoms with E-state index < -0.39 is 0 Å². The SMILES string of the molecule is CCn1c(SCC(=O)Nc2ccc3ccccc3c2)nnc1-c1ccc(NC(C)=O)cc1. The molecule has 0 bridgehead atoms. The van der Waals surface area contributed by atoms with Crippen molar-refractivity contribution in [3.63, 3.8) is 0 Å². The van der Waals surface area contributed by atoms with Crippen LogP contribution in [0.1, 0.15) is 13.8 Å². The number of amides is 2. The molecule has 1 heterocycles. The number of carbonyl (C=O) groups is 2. The zero-order valence-electron chi connectivity index (χ0n) is 17.8. The van der Waals surface area contributed by atoms with Crippen molar-refractivity contribution in [2.24, 2.45) is 0 Å². The molecule has 7 nitrogen and oxygen atoms in total. The van der Waals surface area contributed by atoms with Gasteiger partial charge in [0.15, 0.2) is 11.0 Å². The molecule has 32 heavy (non-hydrogen) atoms. The Balaban J connectivity index is 1.42. The summed E-state index contributed by atoms with van der Waals surface area (Å²) in [6, 6.07) is 21.3. The number of thioether (sulfide) groups is 1. The molecule has 0 fully saturated rings. The molecule has 4 rings (SSSR count). The molecule has 0 aliphatic rings. The standard InChI is InChI=1S/C24H23N5O2S/c1-3-29-23(18-9-11-20(12-10-18)25-16(2)30)27-28-24(29)32-15-22(31)26-21-13-8-17-6-4-5-7-19(17)14-21/h4-14H,3,15H2,1-2H3,(H,25,30)(H,26,31). The monoisotopic (exact) mass is 445 g/mol. The second-order valence-electron chi connectivity index (χ2n) is 7.21. The highest BCUT2D eigenvalue weighted by Crippen LogP contribution is 2.25. The number of fused-ring (bicyclic) bond motifs is 1. The Morgan fingerprint density at radius 1 is 0.906 bits per heavy atom. The number of anilines is 2. The van der Waals surface area contributed by atoms with Crippen LogP contribution >= 0.6 is 11.8 Å². The fraction of sp³-hybridized carbons (Fsp3) is 0.167. The van der Waals surface area contributed by atoms with Crippen molar-refractivity contribution >= 4 is 45.7 Å². The third-order valence-electron chi connectivity index (χ3n) is 4.86. The van der Waals surface area contributed by atoms with E-state index in [0.29, 0.717) is 11.7 Å². The normalized spacial score (nSPS) is 10.8. The van der Waals surface area contributed by atoms with Gasteiger partial charge in [-0.15, -0.1) is 10.2 Å². The fourth-order valence-electron chi connectivity index (χ4n) is 3.39. The average molecular weight is 446 g/mol. The number of nitrogens with one attached hydrogen (secondary N) is 2. The lowest BCUT2D eigenvalue weighted by molar-refractivity contribution is -0.114. The number of hydrogen-bond donors (Lipinski definition) is 2. The van der Waals surface area contributed by atoms with E-state index in [1.807, 2.05) is 78.2 Å². The van der Waals surface area contributed by atoms with Crippen LogP contribution in [0.5, 0.6) is 0 Å². The second-order valence-corrected chi connectivity index (χ2v) is 8.15. The average Bonchev–Trinajstić information content (AvgIpc) is 3.20. The van der Waals surface area contributed by atoms with Crippen LogP contribution in [0.3, 0.4) is 0 Å². The minimum Gasteiger partial charge on any atom is -0.326 e. The molecule has 162 valence electrons. The quantitative estimate of drug-likeness (QED) is 0.399. The molecule has 2 amide bonds. The lowest BCUT2D eigenvalue weighted by atomic mass is 10.1. The summed E-state index contributed by atoms with van der Waals surface area (Å²) in [7, 11) is 0. The second kappa shape index (κ2) is 9.65. The maximum Gasteiger partial charge on any atom is 0.234 e. The maximum atomic E-state index is 12.5. The molecular weight excluding hydrogens is 422 g/mol. The molecule has 8 heteroatoms. The van der Waals surface area contributed by atoms with E-state index in [1.165, 1.54) is 18.7 Å². The first-order chi connectivity index (χ1) is 15.5. The van der Waals surface area contributed by atoms with Crippen molar-refractivity contribution in [2.75, 3.05) is 16.4 Å². The molecular formula is C24H23N5O2S. The van der Waals surface area contributed by atoms with Crippen LogP contribution in [0.4, 0.5) is 11.4 Å². The smallest absolute Gasteiger partial charge is 0.234 e. The fourth-order valence-corrected chi connectivity index (χ4v) is 4.20. The van der Waals surface area contributed by atoms with Crippen LogP contribution in [-0.2, 0) is 16.1 Å². The van der Waals surface area contributed by atoms with E-state index in [0.717, 1.165) is 33.5 Å². The molecule has 2 N–H and O–H groups in total. The van der Waals surface area contributed by atoms with Gasteiger partial charge in [-0.2, -0.15) is 0 Å². The predicted molar refractivity (Wildman–Crippen MR) is 129 cm³/mol. The van der Waals surface area contributed by atoms with Gasteiger partial charge in [0.25, 0.3) is 0 Å². The first kappa shape index (κ1) is 21.6. The highest BCUT2D eigenvalue weighted by atomic mass is 32.2. The Morgan fingerprint density at radius 3 is 2.34 bits per heavy atom. The molecule has 0 saturated heterocycles. The Labute approximate surface area is 190 Å². The van der Waals surface area contributed by atoms with Gasteiger partial charge in [-0.1, -0.05) is 42.1 Å². The lowest BCUT2D eigenvalue weighted by Gasteiger charge is -2.09. The van der Waals surface area contributed by atoms with Gasteiger partial charge in [0.2, 0.25) is 11.8 Å². The first-order valence-electron chi connectivity index (χ1n) is 10.3. The number of benzene rings is 3. The largest absolute Gasteiger partial charge is 0.326 e. The summed E-state index contributed by atoms with van der Waals surface area (Å²) in [5, 5.41) is 17.2. The summed E-state index contributed by atoms with van der Waals surface area (Å²) >= 11 is 1.35. The zero-order chi connectivity index (χ0) is 22.5. The van der Waals surface area contributed by atoms with Crippen molar-refractivity contribution in [1.82, 2.24) is 14.8 Å². The molecule has 0 spiro atoms. The van der Waals surface area contributed by atoms with Crippen LogP contribution < -0.4 is 10.6 Å². The molecule has 3 aromatic carbocycles. The van der Waals surface area contributed by atoms with Crippen LogP contribution in [0.2, 0.25) is 0 Å². The Kier molecular flexibility index (Phi) is 6.51. The van der Waals surface area contributed by atoms with Crippen LogP contribution in [0.15, 0.2) is 71.9 Å². The Hall–Kier alpha value is -3.65. The van der Waals surface area contributed by atoms with Crippen molar-refractivity contribution in [2.45, 2.75) is 25.5 Å². The van der Waals surface area contributed by atoms with Crippen molar-refractivity contribution < 1.29 is 9.59 Å².